The molecule has 4 aromatic rings. The number of para-hydroxylation sites is 1. The number of aromatic amines is 1. The Balaban J connectivity index is 1.59. The second-order valence-corrected chi connectivity index (χ2v) is 7.74. The number of fused-ring (bicyclic) bond motifs is 1. The second kappa shape index (κ2) is 8.79. The maximum absolute atomic E-state index is 12.6. The van der Waals surface area contributed by atoms with Crippen LogP contribution < -0.4 is 16.0 Å². The van der Waals surface area contributed by atoms with Gasteiger partial charge in [-0.25, -0.2) is 4.79 Å². The highest BCUT2D eigenvalue weighted by atomic mass is 35.5. The van der Waals surface area contributed by atoms with Crippen molar-refractivity contribution in [2.75, 3.05) is 0 Å². The van der Waals surface area contributed by atoms with E-state index in [1.54, 1.807) is 36.4 Å². The van der Waals surface area contributed by atoms with Gasteiger partial charge < -0.3 is 9.72 Å². The number of hydrogen-bond acceptors (Lipinski definition) is 4. The molecular weight excluding hydrogens is 437 g/mol. The molecule has 0 fully saturated rings. The van der Waals surface area contributed by atoms with E-state index in [1.165, 1.54) is 6.21 Å². The monoisotopic (exact) mass is 453 g/mol. The van der Waals surface area contributed by atoms with Gasteiger partial charge in [0, 0.05) is 0 Å². The molecule has 156 valence electrons. The molecule has 3 aromatic carbocycles. The summed E-state index contributed by atoms with van der Waals surface area (Å²) in [5, 5.41) is 4.96. The molecule has 8 heteroatoms. The molecule has 0 aliphatic heterocycles. The van der Waals surface area contributed by atoms with Crippen molar-refractivity contribution in [1.29, 1.82) is 0 Å². The number of rotatable bonds is 5. The summed E-state index contributed by atoms with van der Waals surface area (Å²) in [4.78, 5) is 27.4. The van der Waals surface area contributed by atoms with Crippen molar-refractivity contribution in [2.45, 2.75) is 13.5 Å². The molecule has 0 saturated heterocycles. The highest BCUT2D eigenvalue weighted by Gasteiger charge is 2.11. The van der Waals surface area contributed by atoms with Crippen LogP contribution in [-0.4, -0.2) is 15.9 Å². The number of hydrogen-bond donors (Lipinski definition) is 1. The maximum Gasteiger partial charge on any atom is 0.349 e. The van der Waals surface area contributed by atoms with E-state index >= 15 is 0 Å². The Bertz CT molecular complexity index is 1380. The van der Waals surface area contributed by atoms with Crippen LogP contribution in [0.15, 0.2) is 75.4 Å². The topological polar surface area (TPSA) is 76.5 Å². The van der Waals surface area contributed by atoms with Gasteiger partial charge in [-0.1, -0.05) is 65.2 Å². The SMILES string of the molecule is Cc1ccc(COc2c(Cl)cc(C=Nn3c(=O)[nH]c4ccccc4c3=O)cc2Cl)cc1. The first kappa shape index (κ1) is 20.9. The Labute approximate surface area is 187 Å². The van der Waals surface area contributed by atoms with E-state index in [2.05, 4.69) is 10.1 Å². The number of H-pyrrole nitrogens is 1. The smallest absolute Gasteiger partial charge is 0.349 e. The zero-order chi connectivity index (χ0) is 22.0. The van der Waals surface area contributed by atoms with Gasteiger partial charge in [-0.15, -0.1) is 4.68 Å². The van der Waals surface area contributed by atoms with Crippen molar-refractivity contribution < 1.29 is 4.74 Å². The van der Waals surface area contributed by atoms with Crippen molar-refractivity contribution >= 4 is 40.3 Å². The van der Waals surface area contributed by atoms with Crippen LogP contribution in [0.2, 0.25) is 10.0 Å². The third kappa shape index (κ3) is 4.55. The molecule has 0 aliphatic carbocycles. The fourth-order valence-electron chi connectivity index (χ4n) is 3.01. The molecule has 0 spiro atoms. The van der Waals surface area contributed by atoms with Crippen molar-refractivity contribution in [3.8, 4) is 5.75 Å². The lowest BCUT2D eigenvalue weighted by Crippen LogP contribution is -2.32. The Morgan fingerprint density at radius 3 is 2.42 bits per heavy atom. The molecule has 0 radical (unpaired) electrons. The van der Waals surface area contributed by atoms with Crippen LogP contribution in [-0.2, 0) is 6.61 Å². The summed E-state index contributed by atoms with van der Waals surface area (Å²) in [5.41, 5.74) is 1.94. The Morgan fingerprint density at radius 1 is 1.03 bits per heavy atom. The Kier molecular flexibility index (Phi) is 5.93. The number of benzene rings is 3. The molecule has 0 saturated carbocycles. The highest BCUT2D eigenvalue weighted by Crippen LogP contribution is 2.34. The maximum atomic E-state index is 12.6. The zero-order valence-electron chi connectivity index (χ0n) is 16.4. The third-order valence-electron chi connectivity index (χ3n) is 4.63. The summed E-state index contributed by atoms with van der Waals surface area (Å²) in [7, 11) is 0. The van der Waals surface area contributed by atoms with Crippen LogP contribution in [0.3, 0.4) is 0 Å². The van der Waals surface area contributed by atoms with E-state index in [0.717, 1.165) is 15.8 Å². The lowest BCUT2D eigenvalue weighted by molar-refractivity contribution is 0.306. The number of aryl methyl sites for hydroxylation is 1. The molecule has 1 heterocycles. The number of nitrogens with zero attached hydrogens (tertiary/aromatic N) is 2. The molecule has 31 heavy (non-hydrogen) atoms. The molecule has 0 bridgehead atoms. The standard InChI is InChI=1S/C23H17Cl2N3O3/c1-14-6-8-15(9-7-14)13-31-21-18(24)10-16(11-19(21)25)12-26-28-22(29)17-4-2-3-5-20(17)27-23(28)30/h2-12H,13H2,1H3,(H,27,30). The summed E-state index contributed by atoms with van der Waals surface area (Å²) >= 11 is 12.7. The number of aromatic nitrogens is 2. The quantitative estimate of drug-likeness (QED) is 0.442. The van der Waals surface area contributed by atoms with E-state index in [0.29, 0.717) is 38.9 Å². The summed E-state index contributed by atoms with van der Waals surface area (Å²) in [6, 6.07) is 17.9. The molecule has 0 unspecified atom stereocenters. The first-order valence-electron chi connectivity index (χ1n) is 9.38. The zero-order valence-corrected chi connectivity index (χ0v) is 17.9. The Hall–Kier alpha value is -3.35. The number of ether oxygens (including phenoxy) is 1. The van der Waals surface area contributed by atoms with Crippen molar-refractivity contribution in [2.24, 2.45) is 5.10 Å². The molecule has 1 N–H and O–H groups in total. The van der Waals surface area contributed by atoms with E-state index in [9.17, 15) is 9.59 Å². The van der Waals surface area contributed by atoms with Gasteiger partial charge in [0.2, 0.25) is 0 Å². The van der Waals surface area contributed by atoms with Gasteiger partial charge in [-0.3, -0.25) is 4.79 Å². The van der Waals surface area contributed by atoms with Crippen LogP contribution >= 0.6 is 23.2 Å². The van der Waals surface area contributed by atoms with E-state index < -0.39 is 11.2 Å². The first-order chi connectivity index (χ1) is 14.9. The normalized spacial score (nSPS) is 11.3. The largest absolute Gasteiger partial charge is 0.486 e. The number of nitrogens with one attached hydrogen (secondary N) is 1. The van der Waals surface area contributed by atoms with E-state index in [-0.39, 0.29) is 0 Å². The van der Waals surface area contributed by atoms with Crippen LogP contribution in [0.5, 0.6) is 5.75 Å². The van der Waals surface area contributed by atoms with Gasteiger partial charge in [0.15, 0.2) is 5.75 Å². The van der Waals surface area contributed by atoms with Gasteiger partial charge >= 0.3 is 5.69 Å². The van der Waals surface area contributed by atoms with Gasteiger partial charge in [0.05, 0.1) is 27.2 Å². The molecule has 6 nitrogen and oxygen atoms in total. The lowest BCUT2D eigenvalue weighted by atomic mass is 10.2. The molecule has 0 aliphatic rings. The first-order valence-corrected chi connectivity index (χ1v) is 10.1. The lowest BCUT2D eigenvalue weighted by Gasteiger charge is -2.11. The van der Waals surface area contributed by atoms with Crippen LogP contribution in [0.1, 0.15) is 16.7 Å². The minimum atomic E-state index is -0.643. The van der Waals surface area contributed by atoms with Gasteiger partial charge in [0.25, 0.3) is 5.56 Å². The van der Waals surface area contributed by atoms with Gasteiger partial charge in [-0.2, -0.15) is 5.10 Å². The number of halogens is 2. The highest BCUT2D eigenvalue weighted by molar-refractivity contribution is 6.37. The minimum absolute atomic E-state index is 0.292. The van der Waals surface area contributed by atoms with Crippen LogP contribution in [0, 0.1) is 6.92 Å². The summed E-state index contributed by atoms with van der Waals surface area (Å²) in [6.07, 6.45) is 1.34. The molecular formula is C23H17Cl2N3O3. The summed E-state index contributed by atoms with van der Waals surface area (Å²) in [6.45, 7) is 2.33. The van der Waals surface area contributed by atoms with Crippen LogP contribution in [0.25, 0.3) is 10.9 Å². The predicted octanol–water partition coefficient (Wildman–Crippen LogP) is 4.77. The fraction of sp³-hybridized carbons (Fsp3) is 0.0870. The summed E-state index contributed by atoms with van der Waals surface area (Å²) < 4.78 is 6.53. The predicted molar refractivity (Wildman–Crippen MR) is 124 cm³/mol. The van der Waals surface area contributed by atoms with Crippen molar-refractivity contribution in [3.05, 3.63) is 108 Å². The van der Waals surface area contributed by atoms with Crippen molar-refractivity contribution in [1.82, 2.24) is 9.66 Å². The van der Waals surface area contributed by atoms with E-state index in [4.69, 9.17) is 27.9 Å². The molecule has 0 amide bonds. The Morgan fingerprint density at radius 2 is 1.71 bits per heavy atom. The average molecular weight is 454 g/mol. The molecule has 1 aromatic heterocycles. The van der Waals surface area contributed by atoms with Gasteiger partial charge in [0.1, 0.15) is 6.61 Å². The summed E-state index contributed by atoms with van der Waals surface area (Å²) in [5.74, 6) is 0.349. The van der Waals surface area contributed by atoms with Crippen molar-refractivity contribution in [3.63, 3.8) is 0 Å². The molecule has 4 rings (SSSR count). The van der Waals surface area contributed by atoms with Gasteiger partial charge in [-0.05, 0) is 42.3 Å². The minimum Gasteiger partial charge on any atom is -0.486 e. The van der Waals surface area contributed by atoms with Crippen LogP contribution in [0.4, 0.5) is 0 Å². The fourth-order valence-corrected chi connectivity index (χ4v) is 3.63. The average Bonchev–Trinajstić information content (AvgIpc) is 2.74. The molecule has 0 atom stereocenters. The third-order valence-corrected chi connectivity index (χ3v) is 5.19. The second-order valence-electron chi connectivity index (χ2n) is 6.93. The van der Waals surface area contributed by atoms with E-state index in [1.807, 2.05) is 31.2 Å².